The topological polar surface area (TPSA) is 112 Å². The highest BCUT2D eigenvalue weighted by Gasteiger charge is 2.67. The van der Waals surface area contributed by atoms with Crippen LogP contribution in [0.25, 0.3) is 5.57 Å². The van der Waals surface area contributed by atoms with Gasteiger partial charge in [0.05, 0.1) is 32.5 Å². The summed E-state index contributed by atoms with van der Waals surface area (Å²) in [6.45, 7) is 10.1. The molecule has 1 heterocycles. The van der Waals surface area contributed by atoms with Crippen molar-refractivity contribution in [2.75, 3.05) is 26.4 Å². The molecule has 1 atom stereocenters. The number of carbonyl (C=O) groups excluding carboxylic acids is 4. The number of rotatable bonds is 8. The molecule has 0 bridgehead atoms. The lowest BCUT2D eigenvalue weighted by Crippen LogP contribution is -2.64. The predicted octanol–water partition coefficient (Wildman–Crippen LogP) is 3.93. The second-order valence-corrected chi connectivity index (χ2v) is 8.02. The van der Waals surface area contributed by atoms with Crippen LogP contribution < -0.4 is 0 Å². The van der Waals surface area contributed by atoms with E-state index in [0.717, 1.165) is 9.48 Å². The van der Waals surface area contributed by atoms with Gasteiger partial charge in [0.2, 0.25) is 0 Å². The molecular weight excluding hydrogens is 512 g/mol. The summed E-state index contributed by atoms with van der Waals surface area (Å²) in [5.41, 5.74) is -1.34. The van der Waals surface area contributed by atoms with Crippen molar-refractivity contribution < 1.29 is 38.1 Å². The average Bonchev–Trinajstić information content (AvgIpc) is 3.17. The monoisotopic (exact) mass is 540 g/mol. The van der Waals surface area contributed by atoms with E-state index < -0.39 is 35.7 Å². The van der Waals surface area contributed by atoms with E-state index in [1.165, 1.54) is 0 Å². The molecule has 0 spiro atoms. The number of amides is 2. The van der Waals surface area contributed by atoms with E-state index in [1.807, 2.05) is 0 Å². The van der Waals surface area contributed by atoms with Gasteiger partial charge in [0, 0.05) is 10.9 Å². The van der Waals surface area contributed by atoms with Gasteiger partial charge in [-0.25, -0.2) is 24.2 Å². The standard InChI is InChI=1S/C23H29BrN2O8/c1-6-31-19(27)23(20(28)32-7-2)14-18(15(5)16-10-12-17(24)13-11-16)25(21(29)33-8-3)26(23)22(30)34-9-4/h10-13,18H,5-9,14H2,1-4H3/t18-/m0/s1. The van der Waals surface area contributed by atoms with E-state index in [9.17, 15) is 19.2 Å². The summed E-state index contributed by atoms with van der Waals surface area (Å²) >= 11 is 3.36. The average molecular weight is 541 g/mol. The number of nitrogens with zero attached hydrogens (tertiary/aromatic N) is 2. The number of esters is 2. The fourth-order valence-electron chi connectivity index (χ4n) is 3.65. The Hall–Kier alpha value is -3.08. The first-order chi connectivity index (χ1) is 16.2. The van der Waals surface area contributed by atoms with Gasteiger partial charge in [-0.15, -0.1) is 0 Å². The predicted molar refractivity (Wildman–Crippen MR) is 125 cm³/mol. The number of hydrogen-bond acceptors (Lipinski definition) is 8. The van der Waals surface area contributed by atoms with Crippen molar-refractivity contribution in [1.29, 1.82) is 0 Å². The number of halogens is 1. The molecule has 0 radical (unpaired) electrons. The Morgan fingerprint density at radius 3 is 1.82 bits per heavy atom. The van der Waals surface area contributed by atoms with Crippen molar-refractivity contribution >= 4 is 45.6 Å². The molecule has 1 aliphatic heterocycles. The molecule has 2 amide bonds. The first-order valence-corrected chi connectivity index (χ1v) is 11.7. The highest BCUT2D eigenvalue weighted by atomic mass is 79.9. The van der Waals surface area contributed by atoms with E-state index in [1.54, 1.807) is 52.0 Å². The summed E-state index contributed by atoms with van der Waals surface area (Å²) < 4.78 is 21.5. The van der Waals surface area contributed by atoms with E-state index in [4.69, 9.17) is 18.9 Å². The summed E-state index contributed by atoms with van der Waals surface area (Å²) in [4.78, 5) is 52.8. The van der Waals surface area contributed by atoms with Crippen LogP contribution in [-0.2, 0) is 28.5 Å². The molecule has 0 unspecified atom stereocenters. The van der Waals surface area contributed by atoms with E-state index in [-0.39, 0.29) is 32.8 Å². The normalized spacial score (nSPS) is 16.6. The molecule has 1 fully saturated rings. The summed E-state index contributed by atoms with van der Waals surface area (Å²) in [7, 11) is 0. The molecule has 1 aromatic rings. The van der Waals surface area contributed by atoms with Gasteiger partial charge in [-0.1, -0.05) is 34.6 Å². The van der Waals surface area contributed by atoms with Gasteiger partial charge in [0.1, 0.15) is 0 Å². The van der Waals surface area contributed by atoms with Crippen LogP contribution in [0.15, 0.2) is 35.3 Å². The lowest BCUT2D eigenvalue weighted by Gasteiger charge is -2.36. The Bertz CT molecular complexity index is 915. The van der Waals surface area contributed by atoms with Crippen LogP contribution in [0.3, 0.4) is 0 Å². The maximum Gasteiger partial charge on any atom is 0.430 e. The Labute approximate surface area is 206 Å². The summed E-state index contributed by atoms with van der Waals surface area (Å²) in [5, 5.41) is 1.54. The van der Waals surface area contributed by atoms with Crippen molar-refractivity contribution in [2.24, 2.45) is 0 Å². The van der Waals surface area contributed by atoms with Crippen LogP contribution in [0.4, 0.5) is 9.59 Å². The van der Waals surface area contributed by atoms with Crippen molar-refractivity contribution in [1.82, 2.24) is 10.0 Å². The highest BCUT2D eigenvalue weighted by Crippen LogP contribution is 2.42. The Morgan fingerprint density at radius 1 is 0.882 bits per heavy atom. The smallest absolute Gasteiger partial charge is 0.430 e. The molecule has 0 saturated carbocycles. The summed E-state index contributed by atoms with van der Waals surface area (Å²) in [6, 6.07) is 6.02. The third-order valence-electron chi connectivity index (χ3n) is 5.10. The minimum absolute atomic E-state index is 0.0186. The van der Waals surface area contributed by atoms with Gasteiger partial charge < -0.3 is 18.9 Å². The van der Waals surface area contributed by atoms with Crippen LogP contribution in [-0.4, -0.2) is 72.2 Å². The first kappa shape index (κ1) is 27.2. The van der Waals surface area contributed by atoms with Crippen molar-refractivity contribution in [2.45, 2.75) is 45.7 Å². The summed E-state index contributed by atoms with van der Waals surface area (Å²) in [5.74, 6) is -2.11. The quantitative estimate of drug-likeness (QED) is 0.277. The van der Waals surface area contributed by atoms with Crippen molar-refractivity contribution in [3.63, 3.8) is 0 Å². The number of carbonyl (C=O) groups is 4. The zero-order valence-electron chi connectivity index (χ0n) is 19.7. The SMILES string of the molecule is C=C(c1ccc(Br)cc1)[C@@H]1CC(C(=O)OCC)(C(=O)OCC)N(C(=O)OCC)N1C(=O)OCC. The zero-order valence-corrected chi connectivity index (χ0v) is 21.3. The van der Waals surface area contributed by atoms with Crippen molar-refractivity contribution in [3.05, 3.63) is 40.9 Å². The molecular formula is C23H29BrN2O8. The maximum atomic E-state index is 13.3. The minimum Gasteiger partial charge on any atom is -0.464 e. The van der Waals surface area contributed by atoms with Gasteiger partial charge in [0.15, 0.2) is 0 Å². The van der Waals surface area contributed by atoms with Crippen molar-refractivity contribution in [3.8, 4) is 0 Å². The van der Waals surface area contributed by atoms with Gasteiger partial charge in [0.25, 0.3) is 5.54 Å². The molecule has 2 rings (SSSR count). The number of benzene rings is 1. The van der Waals surface area contributed by atoms with Gasteiger partial charge in [-0.05, 0) is 51.0 Å². The van der Waals surface area contributed by atoms with Gasteiger partial charge >= 0.3 is 24.1 Å². The third-order valence-corrected chi connectivity index (χ3v) is 5.63. The molecule has 1 aliphatic rings. The molecule has 34 heavy (non-hydrogen) atoms. The lowest BCUT2D eigenvalue weighted by atomic mass is 9.88. The van der Waals surface area contributed by atoms with E-state index >= 15 is 0 Å². The summed E-state index contributed by atoms with van der Waals surface area (Å²) in [6.07, 6.45) is -2.44. The maximum absolute atomic E-state index is 13.3. The number of hydrazine groups is 1. The van der Waals surface area contributed by atoms with Gasteiger partial charge in [-0.3, -0.25) is 0 Å². The van der Waals surface area contributed by atoms with Crippen LogP contribution in [0.2, 0.25) is 0 Å². The number of ether oxygens (including phenoxy) is 4. The molecule has 0 N–H and O–H groups in total. The Balaban J connectivity index is 2.76. The number of hydrogen-bond donors (Lipinski definition) is 0. The fraction of sp³-hybridized carbons (Fsp3) is 0.478. The first-order valence-electron chi connectivity index (χ1n) is 10.9. The molecule has 186 valence electrons. The third kappa shape index (κ3) is 5.19. The largest absolute Gasteiger partial charge is 0.464 e. The fourth-order valence-corrected chi connectivity index (χ4v) is 3.92. The Kier molecular flexibility index (Phi) is 9.48. The zero-order chi connectivity index (χ0) is 25.5. The van der Waals surface area contributed by atoms with Gasteiger partial charge in [-0.2, -0.15) is 5.01 Å². The lowest BCUT2D eigenvalue weighted by molar-refractivity contribution is -0.177. The van der Waals surface area contributed by atoms with Crippen LogP contribution in [0.5, 0.6) is 0 Å². The highest BCUT2D eigenvalue weighted by molar-refractivity contribution is 9.10. The second kappa shape index (κ2) is 11.9. The van der Waals surface area contributed by atoms with E-state index in [0.29, 0.717) is 16.1 Å². The second-order valence-electron chi connectivity index (χ2n) is 7.11. The van der Waals surface area contributed by atoms with Crippen LogP contribution in [0, 0.1) is 0 Å². The molecule has 11 heteroatoms. The minimum atomic E-state index is -2.33. The molecule has 1 saturated heterocycles. The molecule has 10 nitrogen and oxygen atoms in total. The van der Waals surface area contributed by atoms with E-state index in [2.05, 4.69) is 22.5 Å². The van der Waals surface area contributed by atoms with Crippen LogP contribution >= 0.6 is 15.9 Å². The molecule has 1 aromatic carbocycles. The Morgan fingerprint density at radius 2 is 1.35 bits per heavy atom. The van der Waals surface area contributed by atoms with Crippen LogP contribution in [0.1, 0.15) is 39.7 Å². The molecule has 0 aliphatic carbocycles. The molecule has 0 aromatic heterocycles.